The summed E-state index contributed by atoms with van der Waals surface area (Å²) in [6.07, 6.45) is 3.47. The minimum absolute atomic E-state index is 0.0445. The van der Waals surface area contributed by atoms with E-state index in [9.17, 15) is 9.18 Å². The predicted octanol–water partition coefficient (Wildman–Crippen LogP) is 3.45. The van der Waals surface area contributed by atoms with Crippen LogP contribution in [0.5, 0.6) is 0 Å². The van der Waals surface area contributed by atoms with E-state index in [4.69, 9.17) is 5.73 Å². The van der Waals surface area contributed by atoms with Gasteiger partial charge in [0.2, 0.25) is 5.91 Å². The highest BCUT2D eigenvalue weighted by molar-refractivity contribution is 5.88. The molecule has 1 unspecified atom stereocenters. The lowest BCUT2D eigenvalue weighted by atomic mass is 9.78. The Morgan fingerprint density at radius 3 is 2.50 bits per heavy atom. The maximum Gasteiger partial charge on any atom is 0.230 e. The van der Waals surface area contributed by atoms with E-state index >= 15 is 0 Å². The number of halogens is 1. The van der Waals surface area contributed by atoms with Crippen LogP contribution in [0.25, 0.3) is 0 Å². The minimum Gasteiger partial charge on any atom is -0.353 e. The van der Waals surface area contributed by atoms with Crippen LogP contribution in [-0.2, 0) is 10.2 Å². The zero-order chi connectivity index (χ0) is 17.0. The maximum atomic E-state index is 13.6. The van der Waals surface area contributed by atoms with Crippen molar-refractivity contribution < 1.29 is 9.18 Å². The van der Waals surface area contributed by atoms with Crippen LogP contribution < -0.4 is 11.1 Å². The zero-order valence-electron chi connectivity index (χ0n) is 13.7. The Kier molecular flexibility index (Phi) is 4.95. The molecule has 0 aromatic heterocycles. The van der Waals surface area contributed by atoms with E-state index in [-0.39, 0.29) is 17.8 Å². The lowest BCUT2D eigenvalue weighted by Gasteiger charge is -2.29. The SMILES string of the molecule is NC(CNC(=O)C1(c2cccc(F)c2)CCCC1)c1ccccc1. The van der Waals surface area contributed by atoms with E-state index in [1.54, 1.807) is 6.07 Å². The fourth-order valence-electron chi connectivity index (χ4n) is 3.60. The predicted molar refractivity (Wildman–Crippen MR) is 92.9 cm³/mol. The minimum atomic E-state index is -0.626. The Balaban J connectivity index is 1.74. The Morgan fingerprint density at radius 2 is 1.83 bits per heavy atom. The van der Waals surface area contributed by atoms with Gasteiger partial charge in [0.25, 0.3) is 0 Å². The summed E-state index contributed by atoms with van der Waals surface area (Å²) in [4.78, 5) is 12.9. The standard InChI is InChI=1S/C20H23FN2O/c21-17-10-6-9-16(13-17)20(11-4-5-12-20)19(24)23-14-18(22)15-7-2-1-3-8-15/h1-3,6-10,13,18H,4-5,11-12,14,22H2,(H,23,24). The first kappa shape index (κ1) is 16.7. The van der Waals surface area contributed by atoms with Gasteiger partial charge in [-0.1, -0.05) is 55.3 Å². The Bertz CT molecular complexity index is 696. The van der Waals surface area contributed by atoms with Crippen molar-refractivity contribution in [3.8, 4) is 0 Å². The summed E-state index contributed by atoms with van der Waals surface area (Å²) in [6, 6.07) is 15.9. The number of hydrogen-bond acceptors (Lipinski definition) is 2. The van der Waals surface area contributed by atoms with Crippen molar-refractivity contribution in [2.75, 3.05) is 6.54 Å². The second kappa shape index (κ2) is 7.14. The van der Waals surface area contributed by atoms with Gasteiger partial charge in [0, 0.05) is 12.6 Å². The summed E-state index contributed by atoms with van der Waals surface area (Å²) in [6.45, 7) is 0.375. The van der Waals surface area contributed by atoms with Gasteiger partial charge >= 0.3 is 0 Å². The molecule has 1 saturated carbocycles. The lowest BCUT2D eigenvalue weighted by molar-refractivity contribution is -0.126. The van der Waals surface area contributed by atoms with Gasteiger partial charge in [-0.2, -0.15) is 0 Å². The number of nitrogens with two attached hydrogens (primary N) is 1. The van der Waals surface area contributed by atoms with Crippen molar-refractivity contribution in [2.24, 2.45) is 5.73 Å². The third-order valence-corrected chi connectivity index (χ3v) is 4.98. The van der Waals surface area contributed by atoms with Crippen LogP contribution in [0.15, 0.2) is 54.6 Å². The molecule has 0 aliphatic heterocycles. The first-order valence-corrected chi connectivity index (χ1v) is 8.47. The van der Waals surface area contributed by atoms with Crippen LogP contribution >= 0.6 is 0 Å². The van der Waals surface area contributed by atoms with Crippen molar-refractivity contribution in [3.63, 3.8) is 0 Å². The summed E-state index contributed by atoms with van der Waals surface area (Å²) in [7, 11) is 0. The van der Waals surface area contributed by atoms with Gasteiger partial charge in [-0.25, -0.2) is 4.39 Å². The first-order chi connectivity index (χ1) is 11.6. The summed E-state index contributed by atoms with van der Waals surface area (Å²) >= 11 is 0. The molecule has 0 bridgehead atoms. The fraction of sp³-hybridized carbons (Fsp3) is 0.350. The number of carbonyl (C=O) groups excluding carboxylic acids is 1. The molecular formula is C20H23FN2O. The molecule has 2 aromatic carbocycles. The van der Waals surface area contributed by atoms with E-state index in [2.05, 4.69) is 5.32 Å². The van der Waals surface area contributed by atoms with Crippen LogP contribution in [0, 0.1) is 5.82 Å². The van der Waals surface area contributed by atoms with Crippen LogP contribution in [0.3, 0.4) is 0 Å². The largest absolute Gasteiger partial charge is 0.353 e. The van der Waals surface area contributed by atoms with Crippen LogP contribution in [-0.4, -0.2) is 12.5 Å². The molecule has 1 aliphatic rings. The fourth-order valence-corrected chi connectivity index (χ4v) is 3.60. The number of nitrogens with one attached hydrogen (secondary N) is 1. The third-order valence-electron chi connectivity index (χ3n) is 4.98. The second-order valence-corrected chi connectivity index (χ2v) is 6.53. The highest BCUT2D eigenvalue weighted by Gasteiger charge is 2.42. The Morgan fingerprint density at radius 1 is 1.12 bits per heavy atom. The number of amides is 1. The Labute approximate surface area is 142 Å². The molecule has 3 nitrogen and oxygen atoms in total. The van der Waals surface area contributed by atoms with Crippen molar-refractivity contribution >= 4 is 5.91 Å². The number of benzene rings is 2. The molecule has 2 aromatic rings. The van der Waals surface area contributed by atoms with E-state index < -0.39 is 5.41 Å². The van der Waals surface area contributed by atoms with Gasteiger partial charge in [0.15, 0.2) is 0 Å². The molecule has 1 amide bonds. The zero-order valence-corrected chi connectivity index (χ0v) is 13.7. The van der Waals surface area contributed by atoms with Crippen molar-refractivity contribution in [3.05, 3.63) is 71.5 Å². The quantitative estimate of drug-likeness (QED) is 0.884. The van der Waals surface area contributed by atoms with Gasteiger partial charge in [-0.3, -0.25) is 4.79 Å². The monoisotopic (exact) mass is 326 g/mol. The van der Waals surface area contributed by atoms with E-state index in [0.29, 0.717) is 6.54 Å². The second-order valence-electron chi connectivity index (χ2n) is 6.53. The van der Waals surface area contributed by atoms with Crippen molar-refractivity contribution in [2.45, 2.75) is 37.1 Å². The van der Waals surface area contributed by atoms with Crippen molar-refractivity contribution in [1.29, 1.82) is 0 Å². The van der Waals surface area contributed by atoms with Gasteiger partial charge in [0.05, 0.1) is 5.41 Å². The lowest BCUT2D eigenvalue weighted by Crippen LogP contribution is -2.45. The summed E-state index contributed by atoms with van der Waals surface area (Å²) in [5.41, 5.74) is 7.31. The van der Waals surface area contributed by atoms with Gasteiger partial charge in [-0.15, -0.1) is 0 Å². The molecule has 3 N–H and O–H groups in total. The van der Waals surface area contributed by atoms with Gasteiger partial charge in [-0.05, 0) is 36.1 Å². The number of hydrogen-bond donors (Lipinski definition) is 2. The van der Waals surface area contributed by atoms with E-state index in [0.717, 1.165) is 36.8 Å². The molecule has 3 rings (SSSR count). The summed E-state index contributed by atoms with van der Waals surface area (Å²) < 4.78 is 13.6. The molecule has 0 radical (unpaired) electrons. The number of carbonyl (C=O) groups is 1. The van der Waals surface area contributed by atoms with E-state index in [1.165, 1.54) is 12.1 Å². The molecule has 0 spiro atoms. The molecule has 4 heteroatoms. The van der Waals surface area contributed by atoms with Gasteiger partial charge < -0.3 is 11.1 Å². The summed E-state index contributed by atoms with van der Waals surface area (Å²) in [5.74, 6) is -0.343. The Hall–Kier alpha value is -2.20. The average Bonchev–Trinajstić information content (AvgIpc) is 3.11. The first-order valence-electron chi connectivity index (χ1n) is 8.47. The molecule has 0 saturated heterocycles. The average molecular weight is 326 g/mol. The highest BCUT2D eigenvalue weighted by Crippen LogP contribution is 2.41. The smallest absolute Gasteiger partial charge is 0.230 e. The highest BCUT2D eigenvalue weighted by atomic mass is 19.1. The van der Waals surface area contributed by atoms with Crippen molar-refractivity contribution in [1.82, 2.24) is 5.32 Å². The molecule has 1 atom stereocenters. The normalized spacial score (nSPS) is 17.4. The van der Waals surface area contributed by atoms with Crippen LogP contribution in [0.4, 0.5) is 4.39 Å². The maximum absolute atomic E-state index is 13.6. The molecule has 1 fully saturated rings. The molecule has 0 heterocycles. The molecule has 1 aliphatic carbocycles. The van der Waals surface area contributed by atoms with Crippen LogP contribution in [0.1, 0.15) is 42.9 Å². The molecule has 126 valence electrons. The molecular weight excluding hydrogens is 303 g/mol. The van der Waals surface area contributed by atoms with Gasteiger partial charge in [0.1, 0.15) is 5.82 Å². The third kappa shape index (κ3) is 3.34. The van der Waals surface area contributed by atoms with Crippen LogP contribution in [0.2, 0.25) is 0 Å². The number of rotatable bonds is 5. The molecule has 24 heavy (non-hydrogen) atoms. The topological polar surface area (TPSA) is 55.1 Å². The van der Waals surface area contributed by atoms with E-state index in [1.807, 2.05) is 36.4 Å². The summed E-state index contributed by atoms with van der Waals surface area (Å²) in [5, 5.41) is 3.00.